The van der Waals surface area contributed by atoms with Crippen molar-refractivity contribution in [1.29, 1.82) is 0 Å². The monoisotopic (exact) mass is 248 g/mol. The van der Waals surface area contributed by atoms with Crippen molar-refractivity contribution >= 4 is 32.7 Å². The molecular weight excluding hydrogens is 240 g/mol. The molecule has 0 spiro atoms. The Morgan fingerprint density at radius 2 is 2.50 bits per heavy atom. The van der Waals surface area contributed by atoms with E-state index in [0.29, 0.717) is 11.6 Å². The molecule has 0 bridgehead atoms. The van der Waals surface area contributed by atoms with Crippen LogP contribution in [0.1, 0.15) is 6.92 Å². The van der Waals surface area contributed by atoms with Gasteiger partial charge in [0.1, 0.15) is 16.8 Å². The fourth-order valence-electron chi connectivity index (χ4n) is 0.649. The molecule has 1 rings (SSSR count). The van der Waals surface area contributed by atoms with E-state index in [-0.39, 0.29) is 0 Å². The van der Waals surface area contributed by atoms with E-state index < -0.39 is 11.0 Å². The van der Waals surface area contributed by atoms with E-state index in [0.717, 1.165) is 4.47 Å². The molecule has 0 saturated heterocycles. The quantitative estimate of drug-likeness (QED) is 0.889. The summed E-state index contributed by atoms with van der Waals surface area (Å²) in [7, 11) is -1.02. The molecule has 1 aromatic heterocycles. The first-order valence-corrected chi connectivity index (χ1v) is 5.60. The lowest BCUT2D eigenvalue weighted by molar-refractivity contribution is 0.687. The molecule has 3 nitrogen and oxygen atoms in total. The highest BCUT2D eigenvalue weighted by Crippen LogP contribution is 2.12. The molecule has 0 aliphatic carbocycles. The smallest absolute Gasteiger partial charge is 0.138 e. The summed E-state index contributed by atoms with van der Waals surface area (Å²) in [6.07, 6.45) is 1.65. The zero-order valence-electron chi connectivity index (χ0n) is 6.58. The lowest BCUT2D eigenvalue weighted by Crippen LogP contribution is -2.07. The molecule has 0 fully saturated rings. The highest BCUT2D eigenvalue weighted by atomic mass is 79.9. The van der Waals surface area contributed by atoms with Gasteiger partial charge in [0.15, 0.2) is 0 Å². The number of nitrogens with zero attached hydrogens (tertiary/aromatic N) is 1. The van der Waals surface area contributed by atoms with Crippen LogP contribution >= 0.6 is 15.9 Å². The summed E-state index contributed by atoms with van der Waals surface area (Å²) >= 11 is 3.30. The van der Waals surface area contributed by atoms with Crippen molar-refractivity contribution in [3.63, 3.8) is 0 Å². The second-order valence-electron chi connectivity index (χ2n) is 2.10. The number of pyridine rings is 1. The summed E-state index contributed by atoms with van der Waals surface area (Å²) in [5.41, 5.74) is 0. The van der Waals surface area contributed by atoms with Crippen LogP contribution in [0.15, 0.2) is 22.8 Å². The van der Waals surface area contributed by atoms with Crippen molar-refractivity contribution in [3.8, 4) is 0 Å². The third-order valence-corrected chi connectivity index (χ3v) is 2.66. The van der Waals surface area contributed by atoms with Crippen LogP contribution in [0.5, 0.6) is 0 Å². The van der Waals surface area contributed by atoms with Gasteiger partial charge < -0.3 is 0 Å². The van der Waals surface area contributed by atoms with Crippen LogP contribution in [0.2, 0.25) is 0 Å². The highest BCUT2D eigenvalue weighted by molar-refractivity contribution is 9.10. The first-order chi connectivity index (χ1) is 5.72. The van der Waals surface area contributed by atoms with Gasteiger partial charge in [0.25, 0.3) is 0 Å². The predicted octanol–water partition coefficient (Wildman–Crippen LogP) is 1.94. The number of aromatic nitrogens is 1. The number of anilines is 1. The zero-order valence-corrected chi connectivity index (χ0v) is 8.98. The number of rotatable bonds is 3. The molecule has 1 aromatic rings. The molecular formula is C7H9BrN2OS. The molecule has 66 valence electrons. The molecule has 0 radical (unpaired) electrons. The molecule has 1 N–H and O–H groups in total. The van der Waals surface area contributed by atoms with E-state index in [4.69, 9.17) is 0 Å². The average molecular weight is 249 g/mol. The lowest BCUT2D eigenvalue weighted by atomic mass is 10.5. The molecule has 5 heteroatoms. The Kier molecular flexibility index (Phi) is 3.68. The third kappa shape index (κ3) is 2.91. The van der Waals surface area contributed by atoms with Gasteiger partial charge in [-0.05, 0) is 12.1 Å². The van der Waals surface area contributed by atoms with E-state index >= 15 is 0 Å². The van der Waals surface area contributed by atoms with Gasteiger partial charge in [-0.1, -0.05) is 22.9 Å². The molecule has 1 atom stereocenters. The van der Waals surface area contributed by atoms with Crippen LogP contribution in [0.4, 0.5) is 5.82 Å². The van der Waals surface area contributed by atoms with E-state index in [1.807, 2.05) is 13.0 Å². The fraction of sp³-hybridized carbons (Fsp3) is 0.286. The van der Waals surface area contributed by atoms with Crippen LogP contribution in [-0.2, 0) is 11.0 Å². The number of halogens is 1. The van der Waals surface area contributed by atoms with Gasteiger partial charge in [-0.2, -0.15) is 0 Å². The summed E-state index contributed by atoms with van der Waals surface area (Å²) in [5, 5.41) is 0. The summed E-state index contributed by atoms with van der Waals surface area (Å²) in [6, 6.07) is 3.60. The van der Waals surface area contributed by atoms with E-state index in [1.54, 1.807) is 12.3 Å². The van der Waals surface area contributed by atoms with Crippen molar-refractivity contribution < 1.29 is 4.21 Å². The topological polar surface area (TPSA) is 42.0 Å². The van der Waals surface area contributed by atoms with Crippen molar-refractivity contribution in [1.82, 2.24) is 4.98 Å². The molecule has 1 heterocycles. The fourth-order valence-corrected chi connectivity index (χ4v) is 1.47. The molecule has 0 aliphatic rings. The van der Waals surface area contributed by atoms with E-state index in [9.17, 15) is 4.21 Å². The first kappa shape index (κ1) is 9.67. The summed E-state index contributed by atoms with van der Waals surface area (Å²) < 4.78 is 14.7. The molecule has 12 heavy (non-hydrogen) atoms. The highest BCUT2D eigenvalue weighted by Gasteiger charge is 1.97. The Morgan fingerprint density at radius 1 is 1.75 bits per heavy atom. The Hall–Kier alpha value is -0.420. The van der Waals surface area contributed by atoms with Gasteiger partial charge in [0.05, 0.1) is 0 Å². The summed E-state index contributed by atoms with van der Waals surface area (Å²) in [4.78, 5) is 3.99. The Balaban J connectivity index is 2.69. The minimum absolute atomic E-state index is 0.578. The van der Waals surface area contributed by atoms with Gasteiger partial charge in [-0.25, -0.2) is 9.19 Å². The van der Waals surface area contributed by atoms with Crippen LogP contribution in [0.3, 0.4) is 0 Å². The molecule has 0 aromatic carbocycles. The van der Waals surface area contributed by atoms with Gasteiger partial charge in [0.2, 0.25) is 0 Å². The minimum Gasteiger partial charge on any atom is -0.289 e. The lowest BCUT2D eigenvalue weighted by Gasteiger charge is -2.02. The minimum atomic E-state index is -1.02. The summed E-state index contributed by atoms with van der Waals surface area (Å²) in [6.45, 7) is 1.85. The van der Waals surface area contributed by atoms with Crippen molar-refractivity contribution in [3.05, 3.63) is 22.8 Å². The molecule has 0 saturated carbocycles. The SMILES string of the molecule is CCS(=O)Nc1cc(Br)ccn1. The van der Waals surface area contributed by atoms with Gasteiger partial charge in [0, 0.05) is 16.4 Å². The Labute approximate surface area is 82.3 Å². The summed E-state index contributed by atoms with van der Waals surface area (Å²) in [5.74, 6) is 1.21. The second-order valence-corrected chi connectivity index (χ2v) is 4.48. The van der Waals surface area contributed by atoms with Crippen molar-refractivity contribution in [2.24, 2.45) is 0 Å². The molecule has 0 amide bonds. The van der Waals surface area contributed by atoms with Crippen LogP contribution in [0.25, 0.3) is 0 Å². The normalized spacial score (nSPS) is 12.5. The van der Waals surface area contributed by atoms with Gasteiger partial charge in [-0.15, -0.1) is 0 Å². The largest absolute Gasteiger partial charge is 0.289 e. The Morgan fingerprint density at radius 3 is 3.08 bits per heavy atom. The maximum atomic E-state index is 11.0. The van der Waals surface area contributed by atoms with Crippen LogP contribution < -0.4 is 4.72 Å². The maximum absolute atomic E-state index is 11.0. The average Bonchev–Trinajstić information content (AvgIpc) is 2.04. The Bertz CT molecular complexity index is 292. The van der Waals surface area contributed by atoms with Gasteiger partial charge in [-0.3, -0.25) is 4.72 Å². The van der Waals surface area contributed by atoms with Crippen molar-refractivity contribution in [2.45, 2.75) is 6.92 Å². The standard InChI is InChI=1S/C7H9BrN2OS/c1-2-12(11)10-7-5-6(8)3-4-9-7/h3-5H,2H2,1H3,(H,9,10). The third-order valence-electron chi connectivity index (χ3n) is 1.20. The maximum Gasteiger partial charge on any atom is 0.138 e. The van der Waals surface area contributed by atoms with Crippen LogP contribution in [0, 0.1) is 0 Å². The number of nitrogens with one attached hydrogen (secondary N) is 1. The van der Waals surface area contributed by atoms with Gasteiger partial charge >= 0.3 is 0 Å². The predicted molar refractivity (Wildman–Crippen MR) is 54.2 cm³/mol. The number of hydrogen-bond donors (Lipinski definition) is 1. The molecule has 0 aliphatic heterocycles. The molecule has 1 unspecified atom stereocenters. The first-order valence-electron chi connectivity index (χ1n) is 3.49. The second kappa shape index (κ2) is 4.57. The van der Waals surface area contributed by atoms with Crippen LogP contribution in [-0.4, -0.2) is 14.9 Å². The van der Waals surface area contributed by atoms with Crippen molar-refractivity contribution in [2.75, 3.05) is 10.5 Å². The van der Waals surface area contributed by atoms with E-state index in [2.05, 4.69) is 25.6 Å². The van der Waals surface area contributed by atoms with E-state index in [1.165, 1.54) is 0 Å². The number of hydrogen-bond acceptors (Lipinski definition) is 2. The zero-order chi connectivity index (χ0) is 8.97.